The van der Waals surface area contributed by atoms with Gasteiger partial charge in [-0.3, -0.25) is 29.4 Å². The average Bonchev–Trinajstić information content (AvgIpc) is 3.13. The van der Waals surface area contributed by atoms with E-state index in [0.717, 1.165) is 17.0 Å². The molecule has 3 aromatic carbocycles. The second-order valence-electron chi connectivity index (χ2n) is 8.61. The van der Waals surface area contributed by atoms with Crippen molar-refractivity contribution in [1.29, 1.82) is 0 Å². The molecule has 3 aromatic rings. The lowest BCUT2D eigenvalue weighted by Crippen LogP contribution is -2.67. The van der Waals surface area contributed by atoms with Crippen LogP contribution in [0.1, 0.15) is 37.9 Å². The standard InChI is InChI=1S/C26H20FN3O7/c1-13-4-5-14(11-20(13)27)28-22(19-12-16(36-2)7-9-21(19)37-3)23(26(28)33)29-24(31)17-8-6-15(30(34)35)10-18(17)25(29)32/h4-12,22-23H,1-3H3/t22-,23+/m0/s1. The number of carbonyl (C=O) groups is 3. The second kappa shape index (κ2) is 8.70. The molecule has 0 radical (unpaired) electrons. The van der Waals surface area contributed by atoms with E-state index in [1.807, 2.05) is 0 Å². The van der Waals surface area contributed by atoms with Crippen LogP contribution < -0.4 is 14.4 Å². The Morgan fingerprint density at radius 3 is 2.24 bits per heavy atom. The first-order valence-electron chi connectivity index (χ1n) is 11.2. The molecule has 2 heterocycles. The van der Waals surface area contributed by atoms with E-state index in [0.29, 0.717) is 22.6 Å². The number of benzene rings is 3. The van der Waals surface area contributed by atoms with Crippen LogP contribution in [0.4, 0.5) is 15.8 Å². The molecule has 37 heavy (non-hydrogen) atoms. The Morgan fingerprint density at radius 1 is 0.865 bits per heavy atom. The Morgan fingerprint density at radius 2 is 1.59 bits per heavy atom. The molecule has 0 bridgehead atoms. The van der Waals surface area contributed by atoms with E-state index in [9.17, 15) is 28.9 Å². The molecule has 0 aromatic heterocycles. The lowest BCUT2D eigenvalue weighted by Gasteiger charge is -2.50. The highest BCUT2D eigenvalue weighted by Crippen LogP contribution is 2.47. The molecular formula is C26H20FN3O7. The summed E-state index contributed by atoms with van der Waals surface area (Å²) in [7, 11) is 2.89. The number of hydrogen-bond donors (Lipinski definition) is 0. The van der Waals surface area contributed by atoms with Crippen LogP contribution >= 0.6 is 0 Å². The van der Waals surface area contributed by atoms with Gasteiger partial charge in [0, 0.05) is 23.4 Å². The summed E-state index contributed by atoms with van der Waals surface area (Å²) in [5.74, 6) is -1.95. The van der Waals surface area contributed by atoms with Crippen LogP contribution in [-0.4, -0.2) is 47.8 Å². The third-order valence-corrected chi connectivity index (χ3v) is 6.65. The van der Waals surface area contributed by atoms with Crippen LogP contribution in [0.3, 0.4) is 0 Å². The number of amides is 3. The summed E-state index contributed by atoms with van der Waals surface area (Å²) in [4.78, 5) is 52.9. The molecule has 2 atom stereocenters. The number of methoxy groups -OCH3 is 2. The van der Waals surface area contributed by atoms with Crippen molar-refractivity contribution >= 4 is 29.1 Å². The fourth-order valence-electron chi connectivity index (χ4n) is 4.74. The molecule has 0 aliphatic carbocycles. The molecule has 1 saturated heterocycles. The lowest BCUT2D eigenvalue weighted by atomic mass is 9.85. The molecule has 0 spiro atoms. The topological polar surface area (TPSA) is 119 Å². The van der Waals surface area contributed by atoms with Crippen molar-refractivity contribution in [3.05, 3.63) is 92.8 Å². The molecule has 188 valence electrons. The number of nitro groups is 1. The van der Waals surface area contributed by atoms with Crippen molar-refractivity contribution in [3.63, 3.8) is 0 Å². The summed E-state index contributed by atoms with van der Waals surface area (Å²) in [6, 6.07) is 10.3. The highest BCUT2D eigenvalue weighted by molar-refractivity contribution is 6.25. The van der Waals surface area contributed by atoms with Crippen LogP contribution in [0.2, 0.25) is 0 Å². The van der Waals surface area contributed by atoms with Crippen molar-refractivity contribution in [2.24, 2.45) is 0 Å². The number of β-lactam (4-membered cyclic amide) rings is 1. The van der Waals surface area contributed by atoms with E-state index in [1.54, 1.807) is 31.2 Å². The number of imide groups is 1. The highest BCUT2D eigenvalue weighted by Gasteiger charge is 2.58. The van der Waals surface area contributed by atoms with Crippen molar-refractivity contribution in [2.45, 2.75) is 19.0 Å². The normalized spacial score (nSPS) is 18.5. The van der Waals surface area contributed by atoms with Gasteiger partial charge in [-0.2, -0.15) is 0 Å². The molecule has 11 heteroatoms. The SMILES string of the molecule is COc1ccc(OC)c([C@H]2[C@@H](N3C(=O)c4ccc([N+](=O)[O-])cc4C3=O)C(=O)N2c2ccc(C)c(F)c2)c1. The predicted molar refractivity (Wildman–Crippen MR) is 128 cm³/mol. The van der Waals surface area contributed by atoms with Crippen molar-refractivity contribution in [1.82, 2.24) is 4.90 Å². The lowest BCUT2D eigenvalue weighted by molar-refractivity contribution is -0.384. The first kappa shape index (κ1) is 23.9. The Balaban J connectivity index is 1.64. The number of nitro benzene ring substituents is 1. The van der Waals surface area contributed by atoms with Crippen molar-refractivity contribution in [3.8, 4) is 11.5 Å². The minimum absolute atomic E-state index is 0.0420. The minimum atomic E-state index is -1.31. The van der Waals surface area contributed by atoms with Gasteiger partial charge in [0.25, 0.3) is 23.4 Å². The molecule has 0 N–H and O–H groups in total. The number of hydrogen-bond acceptors (Lipinski definition) is 7. The quantitative estimate of drug-likeness (QED) is 0.216. The van der Waals surface area contributed by atoms with Gasteiger partial charge >= 0.3 is 0 Å². The Kier molecular flexibility index (Phi) is 5.62. The summed E-state index contributed by atoms with van der Waals surface area (Å²) in [6.45, 7) is 1.58. The van der Waals surface area contributed by atoms with E-state index < -0.39 is 40.5 Å². The summed E-state index contributed by atoms with van der Waals surface area (Å²) in [5.41, 5.74) is 0.472. The predicted octanol–water partition coefficient (Wildman–Crippen LogP) is 3.81. The summed E-state index contributed by atoms with van der Waals surface area (Å²) in [5, 5.41) is 11.2. The first-order valence-corrected chi connectivity index (χ1v) is 11.2. The maximum Gasteiger partial charge on any atom is 0.270 e. The smallest absolute Gasteiger partial charge is 0.270 e. The number of aryl methyl sites for hydroxylation is 1. The maximum atomic E-state index is 14.5. The zero-order valence-electron chi connectivity index (χ0n) is 19.9. The Labute approximate surface area is 210 Å². The molecule has 0 unspecified atom stereocenters. The van der Waals surface area contributed by atoms with Crippen LogP contribution in [0.15, 0.2) is 54.6 Å². The fourth-order valence-corrected chi connectivity index (χ4v) is 4.74. The Hall–Kier alpha value is -4.80. The van der Waals surface area contributed by atoms with E-state index in [4.69, 9.17) is 9.47 Å². The van der Waals surface area contributed by atoms with Gasteiger partial charge in [-0.25, -0.2) is 4.39 Å². The molecule has 10 nitrogen and oxygen atoms in total. The molecule has 0 saturated carbocycles. The first-order chi connectivity index (χ1) is 17.7. The van der Waals surface area contributed by atoms with Gasteiger partial charge in [0.15, 0.2) is 0 Å². The molecule has 2 aliphatic rings. The number of rotatable bonds is 6. The maximum absolute atomic E-state index is 14.5. The van der Waals surface area contributed by atoms with Crippen LogP contribution in [-0.2, 0) is 4.79 Å². The van der Waals surface area contributed by atoms with Gasteiger partial charge in [0.05, 0.1) is 36.3 Å². The van der Waals surface area contributed by atoms with Crippen LogP contribution in [0.25, 0.3) is 0 Å². The summed E-state index contributed by atoms with van der Waals surface area (Å²) >= 11 is 0. The highest BCUT2D eigenvalue weighted by atomic mass is 19.1. The third kappa shape index (κ3) is 3.58. The molecular weight excluding hydrogens is 485 g/mol. The zero-order chi connectivity index (χ0) is 26.6. The number of anilines is 1. The van der Waals surface area contributed by atoms with Gasteiger partial charge in [-0.05, 0) is 48.9 Å². The zero-order valence-corrected chi connectivity index (χ0v) is 19.9. The van der Waals surface area contributed by atoms with Crippen LogP contribution in [0, 0.1) is 22.9 Å². The molecule has 2 aliphatic heterocycles. The minimum Gasteiger partial charge on any atom is -0.497 e. The van der Waals surface area contributed by atoms with Crippen molar-refractivity contribution in [2.75, 3.05) is 19.1 Å². The number of carbonyl (C=O) groups excluding carboxylic acids is 3. The van der Waals surface area contributed by atoms with E-state index >= 15 is 0 Å². The van der Waals surface area contributed by atoms with Gasteiger partial charge < -0.3 is 14.4 Å². The van der Waals surface area contributed by atoms with E-state index in [2.05, 4.69) is 0 Å². The Bertz CT molecular complexity index is 1510. The second-order valence-corrected chi connectivity index (χ2v) is 8.61. The third-order valence-electron chi connectivity index (χ3n) is 6.65. The largest absolute Gasteiger partial charge is 0.497 e. The average molecular weight is 505 g/mol. The summed E-state index contributed by atoms with van der Waals surface area (Å²) < 4.78 is 25.3. The van der Waals surface area contributed by atoms with Crippen molar-refractivity contribution < 1.29 is 33.2 Å². The molecule has 1 fully saturated rings. The molecule has 5 rings (SSSR count). The van der Waals surface area contributed by atoms with Gasteiger partial charge in [0.1, 0.15) is 23.4 Å². The van der Waals surface area contributed by atoms with Gasteiger partial charge in [0.2, 0.25) is 0 Å². The fraction of sp³-hybridized carbons (Fsp3) is 0.192. The number of halogens is 1. The van der Waals surface area contributed by atoms with E-state index in [-0.39, 0.29) is 22.5 Å². The van der Waals surface area contributed by atoms with Gasteiger partial charge in [-0.1, -0.05) is 6.07 Å². The number of ether oxygens (including phenoxy) is 2. The number of fused-ring (bicyclic) bond motifs is 1. The van der Waals surface area contributed by atoms with E-state index in [1.165, 1.54) is 37.3 Å². The number of nitrogens with zero attached hydrogens (tertiary/aromatic N) is 3. The number of non-ortho nitro benzene ring substituents is 1. The summed E-state index contributed by atoms with van der Waals surface area (Å²) in [6.07, 6.45) is 0. The van der Waals surface area contributed by atoms with Crippen LogP contribution in [0.5, 0.6) is 11.5 Å². The molecule has 3 amide bonds. The monoisotopic (exact) mass is 505 g/mol. The van der Waals surface area contributed by atoms with Gasteiger partial charge in [-0.15, -0.1) is 0 Å².